The van der Waals surface area contributed by atoms with Crippen molar-refractivity contribution in [2.75, 3.05) is 18.6 Å². The van der Waals surface area contributed by atoms with Crippen molar-refractivity contribution in [3.05, 3.63) is 0 Å². The van der Waals surface area contributed by atoms with Crippen LogP contribution in [0.2, 0.25) is 0 Å². The van der Waals surface area contributed by atoms with E-state index < -0.39 is 9.84 Å². The molecule has 2 rings (SSSR count). The van der Waals surface area contributed by atoms with E-state index in [9.17, 15) is 8.42 Å². The Kier molecular flexibility index (Phi) is 4.90. The van der Waals surface area contributed by atoms with Crippen LogP contribution in [-0.4, -0.2) is 56.0 Å². The monoisotopic (exact) mass is 288 g/mol. The highest BCUT2D eigenvalue weighted by molar-refractivity contribution is 7.90. The minimum Gasteiger partial charge on any atom is -0.314 e. The minimum absolute atomic E-state index is 0.166. The van der Waals surface area contributed by atoms with Gasteiger partial charge in [-0.25, -0.2) is 8.42 Å². The van der Waals surface area contributed by atoms with Gasteiger partial charge < -0.3 is 5.32 Å². The fourth-order valence-electron chi connectivity index (χ4n) is 3.97. The van der Waals surface area contributed by atoms with Gasteiger partial charge in [0.2, 0.25) is 0 Å². The molecule has 3 unspecified atom stereocenters. The van der Waals surface area contributed by atoms with Gasteiger partial charge in [-0.05, 0) is 45.6 Å². The lowest BCUT2D eigenvalue weighted by Gasteiger charge is -2.42. The van der Waals surface area contributed by atoms with Gasteiger partial charge in [0, 0.05) is 30.4 Å². The first-order valence-electron chi connectivity index (χ1n) is 7.59. The fourth-order valence-corrected chi connectivity index (χ4v) is 5.02. The van der Waals surface area contributed by atoms with Gasteiger partial charge in [-0.1, -0.05) is 6.92 Å². The van der Waals surface area contributed by atoms with Crippen LogP contribution in [-0.2, 0) is 9.84 Å². The fraction of sp³-hybridized carbons (Fsp3) is 1.00. The van der Waals surface area contributed by atoms with E-state index in [0.29, 0.717) is 23.9 Å². The largest absolute Gasteiger partial charge is 0.314 e. The molecule has 0 saturated carbocycles. The molecule has 2 bridgehead atoms. The number of piperidine rings is 1. The molecule has 19 heavy (non-hydrogen) atoms. The molecular weight excluding hydrogens is 260 g/mol. The maximum Gasteiger partial charge on any atom is 0.148 e. The summed E-state index contributed by atoms with van der Waals surface area (Å²) >= 11 is 0. The van der Waals surface area contributed by atoms with Crippen molar-refractivity contribution < 1.29 is 8.42 Å². The lowest BCUT2D eigenvalue weighted by Crippen LogP contribution is -2.53. The Labute approximate surface area is 117 Å². The van der Waals surface area contributed by atoms with Crippen molar-refractivity contribution in [3.63, 3.8) is 0 Å². The van der Waals surface area contributed by atoms with Crippen LogP contribution in [0.3, 0.4) is 0 Å². The molecule has 0 aliphatic carbocycles. The van der Waals surface area contributed by atoms with Gasteiger partial charge in [0.25, 0.3) is 0 Å². The van der Waals surface area contributed by atoms with E-state index in [0.717, 1.165) is 6.54 Å². The average Bonchev–Trinajstić information content (AvgIpc) is 2.56. The smallest absolute Gasteiger partial charge is 0.148 e. The van der Waals surface area contributed by atoms with Gasteiger partial charge in [-0.15, -0.1) is 0 Å². The molecule has 2 aliphatic heterocycles. The van der Waals surface area contributed by atoms with Crippen molar-refractivity contribution in [2.24, 2.45) is 0 Å². The third kappa shape index (κ3) is 3.92. The van der Waals surface area contributed by atoms with Crippen LogP contribution in [0, 0.1) is 0 Å². The van der Waals surface area contributed by atoms with E-state index in [4.69, 9.17) is 0 Å². The van der Waals surface area contributed by atoms with Crippen LogP contribution < -0.4 is 5.32 Å². The topological polar surface area (TPSA) is 49.4 Å². The molecule has 0 radical (unpaired) electrons. The quantitative estimate of drug-likeness (QED) is 0.803. The second-order valence-electron chi connectivity index (χ2n) is 6.40. The Morgan fingerprint density at radius 1 is 1.26 bits per heavy atom. The SMILES string of the molecule is CCCNC1CC2CCC(C1)N2C(C)CS(C)(=O)=O. The summed E-state index contributed by atoms with van der Waals surface area (Å²) < 4.78 is 23.0. The van der Waals surface area contributed by atoms with Crippen molar-refractivity contribution in [1.82, 2.24) is 10.2 Å². The average molecular weight is 288 g/mol. The Balaban J connectivity index is 1.95. The van der Waals surface area contributed by atoms with E-state index in [2.05, 4.69) is 24.1 Å². The maximum absolute atomic E-state index is 11.5. The number of nitrogens with zero attached hydrogens (tertiary/aromatic N) is 1. The van der Waals surface area contributed by atoms with Crippen LogP contribution in [0.4, 0.5) is 0 Å². The highest BCUT2D eigenvalue weighted by Gasteiger charge is 2.42. The minimum atomic E-state index is -2.88. The third-order valence-electron chi connectivity index (χ3n) is 4.53. The van der Waals surface area contributed by atoms with Gasteiger partial charge in [0.1, 0.15) is 9.84 Å². The molecule has 2 heterocycles. The number of nitrogens with one attached hydrogen (secondary N) is 1. The number of hydrogen-bond acceptors (Lipinski definition) is 4. The Bertz CT molecular complexity index is 382. The van der Waals surface area contributed by atoms with Crippen molar-refractivity contribution in [2.45, 2.75) is 70.1 Å². The Hall–Kier alpha value is -0.130. The summed E-state index contributed by atoms with van der Waals surface area (Å²) in [6.07, 6.45) is 7.38. The number of fused-ring (bicyclic) bond motifs is 2. The summed E-state index contributed by atoms with van der Waals surface area (Å²) in [5, 5.41) is 3.63. The van der Waals surface area contributed by atoms with E-state index in [1.165, 1.54) is 38.4 Å². The lowest BCUT2D eigenvalue weighted by atomic mass is 9.96. The number of sulfone groups is 1. The molecule has 0 aromatic carbocycles. The molecule has 0 aromatic heterocycles. The Morgan fingerprint density at radius 2 is 1.84 bits per heavy atom. The summed E-state index contributed by atoms with van der Waals surface area (Å²) in [5.74, 6) is 0.299. The zero-order chi connectivity index (χ0) is 14.0. The summed E-state index contributed by atoms with van der Waals surface area (Å²) in [6, 6.07) is 1.98. The van der Waals surface area contributed by atoms with Crippen LogP contribution in [0.5, 0.6) is 0 Å². The molecular formula is C14H28N2O2S. The van der Waals surface area contributed by atoms with Gasteiger partial charge in [0.15, 0.2) is 0 Å². The second kappa shape index (κ2) is 6.10. The van der Waals surface area contributed by atoms with Gasteiger partial charge in [-0.3, -0.25) is 4.90 Å². The molecule has 1 N–H and O–H groups in total. The molecule has 0 amide bonds. The molecule has 3 atom stereocenters. The first-order chi connectivity index (χ1) is 8.90. The molecule has 112 valence electrons. The number of rotatable bonds is 6. The molecule has 2 fully saturated rings. The van der Waals surface area contributed by atoms with Crippen LogP contribution >= 0.6 is 0 Å². The van der Waals surface area contributed by atoms with Crippen LogP contribution in [0.1, 0.15) is 46.0 Å². The van der Waals surface area contributed by atoms with Gasteiger partial charge >= 0.3 is 0 Å². The van der Waals surface area contributed by atoms with E-state index in [1.54, 1.807) is 0 Å². The third-order valence-corrected chi connectivity index (χ3v) is 5.61. The lowest BCUT2D eigenvalue weighted by molar-refractivity contribution is 0.0863. The molecule has 5 heteroatoms. The standard InChI is InChI=1S/C14H28N2O2S/c1-4-7-15-12-8-13-5-6-14(9-12)16(13)11(2)10-19(3,17)18/h11-15H,4-10H2,1-3H3. The highest BCUT2D eigenvalue weighted by Crippen LogP contribution is 2.37. The predicted octanol–water partition coefficient (Wildman–Crippen LogP) is 1.41. The second-order valence-corrected chi connectivity index (χ2v) is 8.58. The van der Waals surface area contributed by atoms with Gasteiger partial charge in [-0.2, -0.15) is 0 Å². The van der Waals surface area contributed by atoms with E-state index in [-0.39, 0.29) is 6.04 Å². The molecule has 4 nitrogen and oxygen atoms in total. The molecule has 0 aromatic rings. The summed E-state index contributed by atoms with van der Waals surface area (Å²) in [4.78, 5) is 2.49. The molecule has 2 saturated heterocycles. The van der Waals surface area contributed by atoms with Crippen LogP contribution in [0.25, 0.3) is 0 Å². The highest BCUT2D eigenvalue weighted by atomic mass is 32.2. The zero-order valence-corrected chi connectivity index (χ0v) is 13.2. The van der Waals surface area contributed by atoms with Crippen molar-refractivity contribution in [3.8, 4) is 0 Å². The summed E-state index contributed by atoms with van der Waals surface area (Å²) in [7, 11) is -2.88. The maximum atomic E-state index is 11.5. The van der Waals surface area contributed by atoms with Gasteiger partial charge in [0.05, 0.1) is 5.75 Å². The summed E-state index contributed by atoms with van der Waals surface area (Å²) in [6.45, 7) is 5.38. The summed E-state index contributed by atoms with van der Waals surface area (Å²) in [5.41, 5.74) is 0. The van der Waals surface area contributed by atoms with E-state index in [1.807, 2.05) is 0 Å². The normalized spacial score (nSPS) is 33.5. The van der Waals surface area contributed by atoms with Crippen molar-refractivity contribution >= 4 is 9.84 Å². The van der Waals surface area contributed by atoms with Crippen LogP contribution in [0.15, 0.2) is 0 Å². The predicted molar refractivity (Wildman–Crippen MR) is 79.1 cm³/mol. The zero-order valence-electron chi connectivity index (χ0n) is 12.4. The first-order valence-corrected chi connectivity index (χ1v) is 9.65. The van der Waals surface area contributed by atoms with Crippen molar-refractivity contribution in [1.29, 1.82) is 0 Å². The Morgan fingerprint density at radius 3 is 2.32 bits per heavy atom. The van der Waals surface area contributed by atoms with E-state index >= 15 is 0 Å². The first kappa shape index (κ1) is 15.3. The molecule has 0 spiro atoms. The molecule has 2 aliphatic rings. The number of hydrogen-bond donors (Lipinski definition) is 1.